The Morgan fingerprint density at radius 1 is 1.18 bits per heavy atom. The molecule has 0 fully saturated rings. The van der Waals surface area contributed by atoms with Crippen LogP contribution in [0.5, 0.6) is 0 Å². The van der Waals surface area contributed by atoms with Crippen molar-refractivity contribution in [3.8, 4) is 11.3 Å². The van der Waals surface area contributed by atoms with Gasteiger partial charge in [-0.25, -0.2) is 13.4 Å². The maximum atomic E-state index is 12.0. The van der Waals surface area contributed by atoms with Gasteiger partial charge >= 0.3 is 0 Å². The number of aryl methyl sites for hydroxylation is 1. The number of nitrogens with two attached hydrogens (primary N) is 1. The zero-order chi connectivity index (χ0) is 20.3. The molecule has 1 amide bonds. The molecule has 1 aromatic carbocycles. The highest BCUT2D eigenvalue weighted by Gasteiger charge is 2.20. The summed E-state index contributed by atoms with van der Waals surface area (Å²) in [7, 11) is -3.37. The monoisotopic (exact) mass is 401 g/mol. The fourth-order valence-electron chi connectivity index (χ4n) is 2.41. The van der Waals surface area contributed by atoms with Crippen molar-refractivity contribution in [1.29, 1.82) is 0 Å². The van der Waals surface area contributed by atoms with Gasteiger partial charge in [0.2, 0.25) is 10.0 Å². The van der Waals surface area contributed by atoms with Crippen LogP contribution in [0.4, 0.5) is 17.3 Å². The number of anilines is 3. The molecule has 0 saturated heterocycles. The quantitative estimate of drug-likeness (QED) is 0.470. The predicted molar refractivity (Wildman–Crippen MR) is 106 cm³/mol. The SMILES string of the molecule is CCS(=O)(=O)Nc1ccc(-c2n[nH]c(Nc3cnc(C)cn3)c2C(N)=O)cc1. The van der Waals surface area contributed by atoms with E-state index in [1.807, 2.05) is 6.92 Å². The van der Waals surface area contributed by atoms with Crippen LogP contribution in [-0.2, 0) is 10.0 Å². The van der Waals surface area contributed by atoms with Crippen molar-refractivity contribution in [1.82, 2.24) is 20.2 Å². The van der Waals surface area contributed by atoms with Crippen LogP contribution < -0.4 is 15.8 Å². The van der Waals surface area contributed by atoms with Gasteiger partial charge in [0.25, 0.3) is 5.91 Å². The van der Waals surface area contributed by atoms with Gasteiger partial charge < -0.3 is 11.1 Å². The smallest absolute Gasteiger partial charge is 0.254 e. The second kappa shape index (κ2) is 7.64. The Bertz CT molecular complexity index is 1090. The Hall–Kier alpha value is -3.47. The minimum absolute atomic E-state index is 0.0309. The van der Waals surface area contributed by atoms with Gasteiger partial charge in [-0.3, -0.25) is 19.6 Å². The Balaban J connectivity index is 1.91. The first-order valence-electron chi connectivity index (χ1n) is 8.34. The van der Waals surface area contributed by atoms with Gasteiger partial charge in [-0.1, -0.05) is 12.1 Å². The fraction of sp³-hybridized carbons (Fsp3) is 0.176. The van der Waals surface area contributed by atoms with Crippen molar-refractivity contribution >= 4 is 33.3 Å². The van der Waals surface area contributed by atoms with Gasteiger partial charge in [-0.05, 0) is 26.0 Å². The lowest BCUT2D eigenvalue weighted by atomic mass is 10.1. The molecule has 146 valence electrons. The van der Waals surface area contributed by atoms with E-state index in [9.17, 15) is 13.2 Å². The van der Waals surface area contributed by atoms with Crippen LogP contribution in [0.2, 0.25) is 0 Å². The highest BCUT2D eigenvalue weighted by Crippen LogP contribution is 2.29. The molecule has 28 heavy (non-hydrogen) atoms. The molecule has 0 radical (unpaired) electrons. The molecule has 3 aromatic rings. The lowest BCUT2D eigenvalue weighted by molar-refractivity contribution is 0.100. The summed E-state index contributed by atoms with van der Waals surface area (Å²) < 4.78 is 25.8. The summed E-state index contributed by atoms with van der Waals surface area (Å²) in [4.78, 5) is 20.3. The molecule has 0 unspecified atom stereocenters. The van der Waals surface area contributed by atoms with Gasteiger partial charge in [-0.15, -0.1) is 0 Å². The summed E-state index contributed by atoms with van der Waals surface area (Å²) >= 11 is 0. The Labute approximate surface area is 161 Å². The van der Waals surface area contributed by atoms with Crippen LogP contribution in [0.1, 0.15) is 23.0 Å². The van der Waals surface area contributed by atoms with Crippen molar-refractivity contribution in [3.63, 3.8) is 0 Å². The summed E-state index contributed by atoms with van der Waals surface area (Å²) in [6.45, 7) is 3.36. The average Bonchev–Trinajstić information content (AvgIpc) is 3.08. The molecule has 11 heteroatoms. The third-order valence-corrected chi connectivity index (χ3v) is 5.17. The summed E-state index contributed by atoms with van der Waals surface area (Å²) in [5.74, 6) is 0.00256. The average molecular weight is 401 g/mol. The number of carbonyl (C=O) groups excluding carboxylic acids is 1. The van der Waals surface area contributed by atoms with Crippen LogP contribution in [0, 0.1) is 6.92 Å². The van der Waals surface area contributed by atoms with Crippen molar-refractivity contribution in [2.45, 2.75) is 13.8 Å². The van der Waals surface area contributed by atoms with Crippen LogP contribution in [-0.4, -0.2) is 40.2 Å². The number of H-pyrrole nitrogens is 1. The number of rotatable bonds is 7. The molecule has 2 aromatic heterocycles. The number of benzene rings is 1. The largest absolute Gasteiger partial charge is 0.365 e. The zero-order valence-electron chi connectivity index (χ0n) is 15.2. The van der Waals surface area contributed by atoms with Crippen molar-refractivity contribution in [2.75, 3.05) is 15.8 Å². The maximum absolute atomic E-state index is 12.0. The van der Waals surface area contributed by atoms with Crippen molar-refractivity contribution in [3.05, 3.63) is 47.9 Å². The molecular formula is C17H19N7O3S. The van der Waals surface area contributed by atoms with E-state index in [2.05, 4.69) is 30.2 Å². The van der Waals surface area contributed by atoms with E-state index in [-0.39, 0.29) is 17.1 Å². The first-order valence-corrected chi connectivity index (χ1v) is 9.99. The Morgan fingerprint density at radius 3 is 2.46 bits per heavy atom. The summed E-state index contributed by atoms with van der Waals surface area (Å²) in [6, 6.07) is 6.46. The summed E-state index contributed by atoms with van der Waals surface area (Å²) in [6.07, 6.45) is 3.11. The number of hydrogen-bond acceptors (Lipinski definition) is 7. The zero-order valence-corrected chi connectivity index (χ0v) is 16.0. The van der Waals surface area contributed by atoms with Crippen LogP contribution in [0.25, 0.3) is 11.3 Å². The molecule has 0 saturated carbocycles. The third-order valence-electron chi connectivity index (χ3n) is 3.86. The maximum Gasteiger partial charge on any atom is 0.254 e. The topological polar surface area (TPSA) is 156 Å². The molecule has 10 nitrogen and oxygen atoms in total. The number of nitrogens with zero attached hydrogens (tertiary/aromatic N) is 3. The predicted octanol–water partition coefficient (Wildman–Crippen LogP) is 1.78. The van der Waals surface area contributed by atoms with Gasteiger partial charge in [-0.2, -0.15) is 5.10 Å². The molecule has 0 atom stereocenters. The minimum Gasteiger partial charge on any atom is -0.365 e. The number of sulfonamides is 1. The molecule has 0 aliphatic rings. The van der Waals surface area contributed by atoms with Gasteiger partial charge in [0.05, 0.1) is 23.8 Å². The van der Waals surface area contributed by atoms with Crippen LogP contribution in [0.15, 0.2) is 36.7 Å². The second-order valence-electron chi connectivity index (χ2n) is 5.94. The number of aromatic amines is 1. The Morgan fingerprint density at radius 2 is 1.89 bits per heavy atom. The number of nitrogens with one attached hydrogen (secondary N) is 3. The highest BCUT2D eigenvalue weighted by atomic mass is 32.2. The molecule has 3 rings (SSSR count). The summed E-state index contributed by atoms with van der Waals surface area (Å²) in [5.41, 5.74) is 7.79. The van der Waals surface area contributed by atoms with Gasteiger partial charge in [0.1, 0.15) is 22.9 Å². The van der Waals surface area contributed by atoms with E-state index >= 15 is 0 Å². The van der Waals surface area contributed by atoms with Crippen molar-refractivity contribution < 1.29 is 13.2 Å². The number of amides is 1. The standard InChI is InChI=1S/C17H19N7O3S/c1-3-28(26,27)24-12-6-4-11(5-7-12)15-14(16(18)25)17(23-22-15)21-13-9-19-10(2)8-20-13/h4-9,24H,3H2,1-2H3,(H2,18,25)(H2,20,21,22,23). The van der Waals surface area contributed by atoms with E-state index in [4.69, 9.17) is 5.73 Å². The molecule has 0 aliphatic carbocycles. The van der Waals surface area contributed by atoms with Crippen molar-refractivity contribution in [2.24, 2.45) is 5.73 Å². The highest BCUT2D eigenvalue weighted by molar-refractivity contribution is 7.92. The molecule has 5 N–H and O–H groups in total. The third kappa shape index (κ3) is 4.26. The first kappa shape index (κ1) is 19.3. The Kier molecular flexibility index (Phi) is 5.27. The van der Waals surface area contributed by atoms with Gasteiger partial charge in [0, 0.05) is 11.3 Å². The number of carbonyl (C=O) groups is 1. The molecule has 0 bridgehead atoms. The van der Waals surface area contributed by atoms with E-state index in [0.717, 1.165) is 5.69 Å². The molecular weight excluding hydrogens is 382 g/mol. The number of hydrogen-bond donors (Lipinski definition) is 4. The summed E-state index contributed by atoms with van der Waals surface area (Å²) in [5, 5.41) is 9.84. The van der Waals surface area contributed by atoms with Crippen LogP contribution in [0.3, 0.4) is 0 Å². The van der Waals surface area contributed by atoms with Gasteiger partial charge in [0.15, 0.2) is 0 Å². The van der Waals surface area contributed by atoms with E-state index in [1.54, 1.807) is 37.4 Å². The normalized spacial score (nSPS) is 11.2. The van der Waals surface area contributed by atoms with Crippen LogP contribution >= 0.6 is 0 Å². The second-order valence-corrected chi connectivity index (χ2v) is 7.95. The first-order chi connectivity index (χ1) is 13.3. The molecule has 2 heterocycles. The van der Waals surface area contributed by atoms with E-state index in [0.29, 0.717) is 22.8 Å². The van der Waals surface area contributed by atoms with E-state index in [1.165, 1.54) is 6.20 Å². The molecule has 0 spiro atoms. The lowest BCUT2D eigenvalue weighted by Gasteiger charge is -2.07. The minimum atomic E-state index is -3.37. The lowest BCUT2D eigenvalue weighted by Crippen LogP contribution is -2.14. The molecule has 0 aliphatic heterocycles. The number of aromatic nitrogens is 4. The van der Waals surface area contributed by atoms with E-state index < -0.39 is 15.9 Å². The fourth-order valence-corrected chi connectivity index (χ4v) is 3.05. The number of primary amides is 1.